The Morgan fingerprint density at radius 2 is 2.29 bits per heavy atom. The molecule has 24 heavy (non-hydrogen) atoms. The summed E-state index contributed by atoms with van der Waals surface area (Å²) in [6.45, 7) is 4.66. The van der Waals surface area contributed by atoms with Gasteiger partial charge in [0.2, 0.25) is 6.10 Å². The third-order valence-electron chi connectivity index (χ3n) is 3.59. The van der Waals surface area contributed by atoms with Gasteiger partial charge in [-0.2, -0.15) is 5.10 Å². The molecule has 1 unspecified atom stereocenters. The van der Waals surface area contributed by atoms with Crippen LogP contribution in [0.4, 0.5) is 5.82 Å². The molecule has 0 radical (unpaired) electrons. The Bertz CT molecular complexity index is 818. The highest BCUT2D eigenvalue weighted by atomic mass is 35.5. The lowest BCUT2D eigenvalue weighted by Gasteiger charge is -2.10. The second kappa shape index (κ2) is 6.78. The van der Waals surface area contributed by atoms with Crippen LogP contribution in [0.1, 0.15) is 24.6 Å². The van der Waals surface area contributed by atoms with Gasteiger partial charge in [0.1, 0.15) is 0 Å². The normalized spacial score (nSPS) is 16.7. The van der Waals surface area contributed by atoms with Crippen LogP contribution in [-0.2, 0) is 16.2 Å². The number of carbonyl (C=O) groups excluding carboxylic acids is 1. The zero-order chi connectivity index (χ0) is 17.3. The van der Waals surface area contributed by atoms with Crippen LogP contribution < -0.4 is 5.32 Å². The minimum Gasteiger partial charge on any atom is -0.382 e. The molecule has 0 saturated carbocycles. The molecule has 0 saturated heterocycles. The first-order valence-electron chi connectivity index (χ1n) is 7.37. The summed E-state index contributed by atoms with van der Waals surface area (Å²) >= 11 is 11.8. The molecule has 0 bridgehead atoms. The number of anilines is 1. The van der Waals surface area contributed by atoms with Crippen molar-refractivity contribution in [2.24, 2.45) is 5.16 Å². The second-order valence-electron chi connectivity index (χ2n) is 5.29. The minimum atomic E-state index is -0.738. The number of aromatic nitrogens is 3. The lowest BCUT2D eigenvalue weighted by molar-refractivity contribution is -0.125. The van der Waals surface area contributed by atoms with Crippen LogP contribution in [0.25, 0.3) is 0 Å². The standard InChI is InChI=1S/C15H15Cl2N5O2/c1-3-22-7-10(8(2)20-22)12-5-13(24-21-12)15(23)19-14-11(17)4-9(16)6-18-14/h4,6-7,13H,3,5H2,1-2H3,(H,18,19,23). The highest BCUT2D eigenvalue weighted by Crippen LogP contribution is 2.24. The minimum absolute atomic E-state index is 0.234. The lowest BCUT2D eigenvalue weighted by Crippen LogP contribution is -2.28. The van der Waals surface area contributed by atoms with Gasteiger partial charge < -0.3 is 10.2 Å². The predicted molar refractivity (Wildman–Crippen MR) is 91.6 cm³/mol. The van der Waals surface area contributed by atoms with Crippen LogP contribution in [0.5, 0.6) is 0 Å². The van der Waals surface area contributed by atoms with Crippen LogP contribution in [-0.4, -0.2) is 32.5 Å². The van der Waals surface area contributed by atoms with Crippen LogP contribution in [0.3, 0.4) is 0 Å². The fourth-order valence-electron chi connectivity index (χ4n) is 2.34. The third kappa shape index (κ3) is 3.37. The Hall–Kier alpha value is -2.12. The number of rotatable bonds is 4. The van der Waals surface area contributed by atoms with Crippen molar-refractivity contribution in [3.8, 4) is 0 Å². The van der Waals surface area contributed by atoms with Gasteiger partial charge >= 0.3 is 0 Å². The Balaban J connectivity index is 1.67. The number of hydrogen-bond donors (Lipinski definition) is 1. The van der Waals surface area contributed by atoms with Crippen molar-refractivity contribution in [1.29, 1.82) is 0 Å². The molecule has 126 valence electrons. The van der Waals surface area contributed by atoms with Gasteiger partial charge in [0.15, 0.2) is 5.82 Å². The summed E-state index contributed by atoms with van der Waals surface area (Å²) in [5, 5.41) is 11.7. The number of pyridine rings is 1. The zero-order valence-electron chi connectivity index (χ0n) is 13.1. The van der Waals surface area contributed by atoms with Gasteiger partial charge in [-0.05, 0) is 19.9 Å². The molecular formula is C15H15Cl2N5O2. The Morgan fingerprint density at radius 1 is 1.50 bits per heavy atom. The molecule has 1 aliphatic heterocycles. The van der Waals surface area contributed by atoms with Crippen molar-refractivity contribution in [1.82, 2.24) is 14.8 Å². The molecule has 1 atom stereocenters. The summed E-state index contributed by atoms with van der Waals surface area (Å²) in [6.07, 6.45) is 2.92. The molecule has 9 heteroatoms. The number of oxime groups is 1. The van der Waals surface area contributed by atoms with Crippen molar-refractivity contribution in [3.05, 3.63) is 39.8 Å². The topological polar surface area (TPSA) is 81.4 Å². The van der Waals surface area contributed by atoms with E-state index in [0.29, 0.717) is 17.2 Å². The summed E-state index contributed by atoms with van der Waals surface area (Å²) in [7, 11) is 0. The predicted octanol–water partition coefficient (Wildman–Crippen LogP) is 3.04. The van der Waals surface area contributed by atoms with Gasteiger partial charge in [-0.25, -0.2) is 4.98 Å². The molecule has 3 rings (SSSR count). The van der Waals surface area contributed by atoms with E-state index in [1.165, 1.54) is 12.3 Å². The first-order chi connectivity index (χ1) is 11.5. The molecule has 1 amide bonds. The van der Waals surface area contributed by atoms with Crippen LogP contribution in [0.2, 0.25) is 10.0 Å². The van der Waals surface area contributed by atoms with Gasteiger partial charge in [0, 0.05) is 30.9 Å². The molecule has 1 aliphatic rings. The van der Waals surface area contributed by atoms with Crippen LogP contribution >= 0.6 is 23.2 Å². The maximum absolute atomic E-state index is 12.3. The van der Waals surface area contributed by atoms with Gasteiger partial charge in [0.25, 0.3) is 5.91 Å². The summed E-state index contributed by atoms with van der Waals surface area (Å²) in [6, 6.07) is 1.51. The molecule has 0 spiro atoms. The zero-order valence-corrected chi connectivity index (χ0v) is 14.6. The number of hydrogen-bond acceptors (Lipinski definition) is 5. The SMILES string of the molecule is CCn1cc(C2=NOC(C(=O)Nc3ncc(Cl)cc3Cl)C2)c(C)n1. The van der Waals surface area contributed by atoms with E-state index < -0.39 is 6.10 Å². The monoisotopic (exact) mass is 367 g/mol. The van der Waals surface area contributed by atoms with E-state index >= 15 is 0 Å². The van der Waals surface area contributed by atoms with Gasteiger partial charge in [-0.15, -0.1) is 0 Å². The van der Waals surface area contributed by atoms with E-state index in [4.69, 9.17) is 28.0 Å². The average Bonchev–Trinajstić information content (AvgIpc) is 3.16. The lowest BCUT2D eigenvalue weighted by atomic mass is 10.1. The van der Waals surface area contributed by atoms with Crippen molar-refractivity contribution >= 4 is 40.6 Å². The number of halogens is 2. The number of carbonyl (C=O) groups is 1. The van der Waals surface area contributed by atoms with E-state index in [2.05, 4.69) is 20.6 Å². The highest BCUT2D eigenvalue weighted by Gasteiger charge is 2.31. The summed E-state index contributed by atoms with van der Waals surface area (Å²) in [4.78, 5) is 21.6. The Labute approximate surface area is 148 Å². The average molecular weight is 368 g/mol. The van der Waals surface area contributed by atoms with Gasteiger partial charge in [-0.3, -0.25) is 9.48 Å². The first-order valence-corrected chi connectivity index (χ1v) is 8.12. The highest BCUT2D eigenvalue weighted by molar-refractivity contribution is 6.36. The van der Waals surface area contributed by atoms with Crippen LogP contribution in [0, 0.1) is 6.92 Å². The van der Waals surface area contributed by atoms with E-state index in [-0.39, 0.29) is 16.7 Å². The van der Waals surface area contributed by atoms with Crippen LogP contribution in [0.15, 0.2) is 23.6 Å². The van der Waals surface area contributed by atoms with E-state index in [0.717, 1.165) is 17.8 Å². The van der Waals surface area contributed by atoms with Crippen molar-refractivity contribution in [3.63, 3.8) is 0 Å². The first kappa shape index (κ1) is 16.7. The molecular weight excluding hydrogens is 353 g/mol. The molecule has 0 aliphatic carbocycles. The second-order valence-corrected chi connectivity index (χ2v) is 6.14. The fraction of sp³-hybridized carbons (Fsp3) is 0.333. The fourth-order valence-corrected chi connectivity index (χ4v) is 2.77. The molecule has 1 N–H and O–H groups in total. The summed E-state index contributed by atoms with van der Waals surface area (Å²) in [5.41, 5.74) is 2.43. The molecule has 3 heterocycles. The van der Waals surface area contributed by atoms with Crippen molar-refractivity contribution < 1.29 is 9.63 Å². The summed E-state index contributed by atoms with van der Waals surface area (Å²) in [5.74, 6) is -0.135. The molecule has 0 fully saturated rings. The molecule has 2 aromatic heterocycles. The molecule has 7 nitrogen and oxygen atoms in total. The maximum atomic E-state index is 12.3. The van der Waals surface area contributed by atoms with Crippen molar-refractivity contribution in [2.45, 2.75) is 32.9 Å². The smallest absolute Gasteiger partial charge is 0.269 e. The third-order valence-corrected chi connectivity index (χ3v) is 4.09. The van der Waals surface area contributed by atoms with E-state index in [9.17, 15) is 4.79 Å². The maximum Gasteiger partial charge on any atom is 0.269 e. The van der Waals surface area contributed by atoms with Gasteiger partial charge in [-0.1, -0.05) is 28.4 Å². The Kier molecular flexibility index (Phi) is 4.73. The van der Waals surface area contributed by atoms with Crippen molar-refractivity contribution in [2.75, 3.05) is 5.32 Å². The number of aryl methyl sites for hydroxylation is 2. The number of nitrogens with one attached hydrogen (secondary N) is 1. The number of amides is 1. The summed E-state index contributed by atoms with van der Waals surface area (Å²) < 4.78 is 1.82. The van der Waals surface area contributed by atoms with E-state index in [1.54, 1.807) is 0 Å². The van der Waals surface area contributed by atoms with Gasteiger partial charge in [0.05, 0.1) is 21.5 Å². The number of nitrogens with zero attached hydrogens (tertiary/aromatic N) is 4. The molecule has 0 aromatic carbocycles. The quantitative estimate of drug-likeness (QED) is 0.900. The Morgan fingerprint density at radius 3 is 2.96 bits per heavy atom. The largest absolute Gasteiger partial charge is 0.382 e. The molecule has 2 aromatic rings. The van der Waals surface area contributed by atoms with E-state index in [1.807, 2.05) is 24.7 Å².